The third kappa shape index (κ3) is 4.26. The predicted octanol–water partition coefficient (Wildman–Crippen LogP) is 0.583. The summed E-state index contributed by atoms with van der Waals surface area (Å²) in [6.07, 6.45) is 1.87. The van der Waals surface area contributed by atoms with Crippen molar-refractivity contribution >= 4 is 28.2 Å². The lowest BCUT2D eigenvalue weighted by molar-refractivity contribution is -0.117. The molecular weight excluding hydrogens is 366 g/mol. The van der Waals surface area contributed by atoms with E-state index in [0.717, 1.165) is 37.7 Å². The van der Waals surface area contributed by atoms with Crippen LogP contribution in [0, 0.1) is 6.92 Å². The van der Waals surface area contributed by atoms with E-state index in [1.165, 1.54) is 11.3 Å². The summed E-state index contributed by atoms with van der Waals surface area (Å²) in [6, 6.07) is 5.80. The van der Waals surface area contributed by atoms with Gasteiger partial charge in [0.2, 0.25) is 11.0 Å². The van der Waals surface area contributed by atoms with Gasteiger partial charge in [0.25, 0.3) is 0 Å². The van der Waals surface area contributed by atoms with Crippen LogP contribution in [0.25, 0.3) is 5.82 Å². The molecule has 0 aromatic carbocycles. The molecule has 0 bridgehead atoms. The number of carbonyl (C=O) groups excluding carboxylic acids is 1. The number of piperazine rings is 1. The van der Waals surface area contributed by atoms with Gasteiger partial charge in [0.05, 0.1) is 12.2 Å². The first-order valence-corrected chi connectivity index (χ1v) is 9.45. The highest BCUT2D eigenvalue weighted by atomic mass is 32.1. The van der Waals surface area contributed by atoms with Gasteiger partial charge in [-0.25, -0.2) is 4.68 Å². The summed E-state index contributed by atoms with van der Waals surface area (Å²) in [4.78, 5) is 16.3. The fourth-order valence-corrected chi connectivity index (χ4v) is 3.34. The topological polar surface area (TPSA) is 105 Å². The Hall–Kier alpha value is -2.92. The number of nitrogens with zero attached hydrogens (tertiary/aromatic N) is 8. The molecule has 27 heavy (non-hydrogen) atoms. The second-order valence-electron chi connectivity index (χ2n) is 6.21. The first-order chi connectivity index (χ1) is 13.2. The van der Waals surface area contributed by atoms with Crippen molar-refractivity contribution in [3.63, 3.8) is 0 Å². The molecule has 3 aromatic heterocycles. The molecule has 0 aliphatic carbocycles. The number of anilines is 2. The summed E-state index contributed by atoms with van der Waals surface area (Å²) in [7, 11) is 0. The highest BCUT2D eigenvalue weighted by Gasteiger charge is 2.20. The molecule has 10 nitrogen and oxygen atoms in total. The Bertz CT molecular complexity index is 885. The van der Waals surface area contributed by atoms with E-state index < -0.39 is 0 Å². The smallest absolute Gasteiger partial charge is 0.240 e. The minimum absolute atomic E-state index is 0.0705. The van der Waals surface area contributed by atoms with E-state index in [1.54, 1.807) is 10.2 Å². The van der Waals surface area contributed by atoms with Crippen LogP contribution in [0.3, 0.4) is 0 Å². The molecule has 1 aliphatic rings. The number of hydrogen-bond donors (Lipinski definition) is 1. The van der Waals surface area contributed by atoms with E-state index in [9.17, 15) is 4.79 Å². The van der Waals surface area contributed by atoms with Gasteiger partial charge in [0.15, 0.2) is 11.6 Å². The number of aryl methyl sites for hydroxylation is 1. The molecule has 1 saturated heterocycles. The van der Waals surface area contributed by atoms with E-state index >= 15 is 0 Å². The summed E-state index contributed by atoms with van der Waals surface area (Å²) in [6.45, 7) is 5.43. The van der Waals surface area contributed by atoms with Crippen LogP contribution in [-0.2, 0) is 4.79 Å². The Morgan fingerprint density at radius 2 is 1.89 bits per heavy atom. The van der Waals surface area contributed by atoms with Crippen LogP contribution in [0.4, 0.5) is 10.9 Å². The third-order valence-corrected chi connectivity index (χ3v) is 4.87. The van der Waals surface area contributed by atoms with Crippen molar-refractivity contribution in [3.8, 4) is 5.82 Å². The molecule has 1 fully saturated rings. The fraction of sp³-hybridized carbons (Fsp3) is 0.375. The maximum atomic E-state index is 12.0. The average molecular weight is 385 g/mol. The average Bonchev–Trinajstić information content (AvgIpc) is 3.34. The van der Waals surface area contributed by atoms with Gasteiger partial charge in [-0.2, -0.15) is 5.10 Å². The number of amides is 1. The standard InChI is InChI=1S/C16H19N9OS/c1-12-4-5-25(22-12)14-3-2-13(19-20-14)24-8-6-23(7-9-24)10-15(26)18-16-21-17-11-27-16/h2-5,11H,6-10H2,1H3,(H,18,21,26). The van der Waals surface area contributed by atoms with Gasteiger partial charge >= 0.3 is 0 Å². The van der Waals surface area contributed by atoms with Crippen LogP contribution in [0.2, 0.25) is 0 Å². The van der Waals surface area contributed by atoms with Crippen LogP contribution < -0.4 is 10.2 Å². The van der Waals surface area contributed by atoms with E-state index in [1.807, 2.05) is 31.3 Å². The molecule has 0 saturated carbocycles. The van der Waals surface area contributed by atoms with Crippen LogP contribution >= 0.6 is 11.3 Å². The molecule has 0 unspecified atom stereocenters. The predicted molar refractivity (Wildman–Crippen MR) is 101 cm³/mol. The van der Waals surface area contributed by atoms with E-state index in [4.69, 9.17) is 0 Å². The third-order valence-electron chi connectivity index (χ3n) is 4.26. The van der Waals surface area contributed by atoms with Gasteiger partial charge in [0, 0.05) is 32.4 Å². The molecule has 4 heterocycles. The Balaban J connectivity index is 1.29. The van der Waals surface area contributed by atoms with Crippen molar-refractivity contribution in [2.45, 2.75) is 6.92 Å². The second kappa shape index (κ2) is 7.76. The molecule has 1 N–H and O–H groups in total. The van der Waals surface area contributed by atoms with Gasteiger partial charge in [0.1, 0.15) is 5.51 Å². The summed E-state index contributed by atoms with van der Waals surface area (Å²) < 4.78 is 1.71. The molecule has 0 atom stereocenters. The van der Waals surface area contributed by atoms with Crippen LogP contribution in [0.1, 0.15) is 5.69 Å². The zero-order chi connectivity index (χ0) is 18.6. The Morgan fingerprint density at radius 1 is 1.11 bits per heavy atom. The Labute approximate surface area is 159 Å². The minimum atomic E-state index is -0.0705. The highest BCUT2D eigenvalue weighted by Crippen LogP contribution is 2.14. The first kappa shape index (κ1) is 17.5. The largest absolute Gasteiger partial charge is 0.353 e. The molecule has 1 aliphatic heterocycles. The molecule has 140 valence electrons. The monoisotopic (exact) mass is 385 g/mol. The maximum absolute atomic E-state index is 12.0. The summed E-state index contributed by atoms with van der Waals surface area (Å²) >= 11 is 1.31. The molecule has 3 aromatic rings. The summed E-state index contributed by atoms with van der Waals surface area (Å²) in [5.74, 6) is 1.46. The van der Waals surface area contributed by atoms with Crippen LogP contribution in [-0.4, -0.2) is 73.7 Å². The minimum Gasteiger partial charge on any atom is -0.353 e. The molecule has 4 rings (SSSR count). The van der Waals surface area contributed by atoms with Crippen molar-refractivity contribution in [2.75, 3.05) is 42.9 Å². The number of hydrogen-bond acceptors (Lipinski definition) is 9. The van der Waals surface area contributed by atoms with Crippen molar-refractivity contribution < 1.29 is 4.79 Å². The van der Waals surface area contributed by atoms with Crippen molar-refractivity contribution in [2.24, 2.45) is 0 Å². The molecular formula is C16H19N9OS. The molecule has 0 radical (unpaired) electrons. The SMILES string of the molecule is Cc1ccn(-c2ccc(N3CCN(CC(=O)Nc4nncs4)CC3)nn2)n1. The molecule has 0 spiro atoms. The molecule has 1 amide bonds. The Morgan fingerprint density at radius 3 is 2.52 bits per heavy atom. The van der Waals surface area contributed by atoms with Gasteiger partial charge in [-0.05, 0) is 25.1 Å². The van der Waals surface area contributed by atoms with Gasteiger partial charge in [-0.1, -0.05) is 11.3 Å². The lowest BCUT2D eigenvalue weighted by atomic mass is 10.3. The van der Waals surface area contributed by atoms with Crippen molar-refractivity contribution in [1.29, 1.82) is 0 Å². The van der Waals surface area contributed by atoms with Crippen LogP contribution in [0.5, 0.6) is 0 Å². The number of aromatic nitrogens is 6. The summed E-state index contributed by atoms with van der Waals surface area (Å²) in [5, 5.41) is 23.7. The van der Waals surface area contributed by atoms with Crippen molar-refractivity contribution in [3.05, 3.63) is 35.6 Å². The van der Waals surface area contributed by atoms with Gasteiger partial charge in [-0.3, -0.25) is 15.0 Å². The van der Waals surface area contributed by atoms with Crippen molar-refractivity contribution in [1.82, 2.24) is 35.1 Å². The zero-order valence-electron chi connectivity index (χ0n) is 14.8. The highest BCUT2D eigenvalue weighted by molar-refractivity contribution is 7.13. The van der Waals surface area contributed by atoms with E-state index in [2.05, 4.69) is 40.6 Å². The molecule has 11 heteroatoms. The quantitative estimate of drug-likeness (QED) is 0.680. The van der Waals surface area contributed by atoms with Crippen LogP contribution in [0.15, 0.2) is 29.9 Å². The second-order valence-corrected chi connectivity index (χ2v) is 7.04. The number of carbonyl (C=O) groups is 1. The van der Waals surface area contributed by atoms with Gasteiger partial charge in [-0.15, -0.1) is 20.4 Å². The van der Waals surface area contributed by atoms with Gasteiger partial charge < -0.3 is 4.90 Å². The number of nitrogens with one attached hydrogen (secondary N) is 1. The lowest BCUT2D eigenvalue weighted by Crippen LogP contribution is -2.49. The first-order valence-electron chi connectivity index (χ1n) is 8.57. The Kier molecular flexibility index (Phi) is 5.03. The van der Waals surface area contributed by atoms with E-state index in [0.29, 0.717) is 17.5 Å². The van der Waals surface area contributed by atoms with E-state index in [-0.39, 0.29) is 5.91 Å². The lowest BCUT2D eigenvalue weighted by Gasteiger charge is -2.34. The normalized spacial score (nSPS) is 15.1. The zero-order valence-corrected chi connectivity index (χ0v) is 15.6. The number of rotatable bonds is 5. The maximum Gasteiger partial charge on any atom is 0.240 e. The summed E-state index contributed by atoms with van der Waals surface area (Å²) in [5.41, 5.74) is 2.53. The fourth-order valence-electron chi connectivity index (χ4n) is 2.88.